The van der Waals surface area contributed by atoms with Gasteiger partial charge in [-0.2, -0.15) is 0 Å². The summed E-state index contributed by atoms with van der Waals surface area (Å²) < 4.78 is 25.5. The third-order valence-electron chi connectivity index (χ3n) is 4.72. The summed E-state index contributed by atoms with van der Waals surface area (Å²) in [6.07, 6.45) is 1.76. The summed E-state index contributed by atoms with van der Waals surface area (Å²) in [5, 5.41) is 10.0. The van der Waals surface area contributed by atoms with Crippen LogP contribution in [0.3, 0.4) is 0 Å². The van der Waals surface area contributed by atoms with Crippen LogP contribution in [-0.4, -0.2) is 79.2 Å². The molecule has 1 unspecified atom stereocenters. The van der Waals surface area contributed by atoms with Crippen molar-refractivity contribution in [2.45, 2.75) is 23.8 Å². The fourth-order valence-corrected chi connectivity index (χ4v) is 4.24. The average molecular weight is 367 g/mol. The number of carbonyl (C=O) groups is 2. The third-order valence-corrected chi connectivity index (χ3v) is 6.53. The van der Waals surface area contributed by atoms with E-state index >= 15 is 0 Å². The van der Waals surface area contributed by atoms with E-state index in [1.165, 1.54) is 37.2 Å². The van der Waals surface area contributed by atoms with E-state index in [0.717, 1.165) is 17.1 Å². The number of benzene rings is 1. The standard InChI is InChI=1S/C16H21N3O5S/c1-17(2)25(23,24)12-5-6-14(20)13(8-12)16(22)18-9-11-4-3-7-19(11)15(21)10-18/h5-6,8,11,20H,3-4,7,9-10H2,1-2H3. The highest BCUT2D eigenvalue weighted by atomic mass is 32.2. The highest BCUT2D eigenvalue weighted by Gasteiger charge is 2.38. The molecule has 0 spiro atoms. The molecule has 2 aliphatic heterocycles. The molecule has 0 radical (unpaired) electrons. The lowest BCUT2D eigenvalue weighted by atomic mass is 10.1. The lowest BCUT2D eigenvalue weighted by Crippen LogP contribution is -2.55. The van der Waals surface area contributed by atoms with Gasteiger partial charge in [-0.15, -0.1) is 0 Å². The summed E-state index contributed by atoms with van der Waals surface area (Å²) in [4.78, 5) is 28.1. The number of rotatable bonds is 3. The fraction of sp³-hybridized carbons (Fsp3) is 0.500. The molecule has 2 aliphatic rings. The largest absolute Gasteiger partial charge is 0.507 e. The SMILES string of the molecule is CN(C)S(=O)(=O)c1ccc(O)c(C(=O)N2CC(=O)N3CCCC3C2)c1. The molecule has 2 heterocycles. The van der Waals surface area contributed by atoms with Gasteiger partial charge in [-0.3, -0.25) is 9.59 Å². The van der Waals surface area contributed by atoms with Crippen LogP contribution in [0, 0.1) is 0 Å². The second-order valence-electron chi connectivity index (χ2n) is 6.54. The van der Waals surface area contributed by atoms with Gasteiger partial charge in [0.15, 0.2) is 0 Å². The Hall–Kier alpha value is -2.13. The number of piperazine rings is 1. The molecule has 8 nitrogen and oxygen atoms in total. The molecule has 25 heavy (non-hydrogen) atoms. The molecule has 0 bridgehead atoms. The summed E-state index contributed by atoms with van der Waals surface area (Å²) in [5.41, 5.74) is -0.109. The highest BCUT2D eigenvalue weighted by molar-refractivity contribution is 7.89. The maximum Gasteiger partial charge on any atom is 0.258 e. The van der Waals surface area contributed by atoms with Crippen LogP contribution in [0.25, 0.3) is 0 Å². The fourth-order valence-electron chi connectivity index (χ4n) is 3.31. The number of aromatic hydroxyl groups is 1. The van der Waals surface area contributed by atoms with E-state index in [0.29, 0.717) is 13.1 Å². The van der Waals surface area contributed by atoms with Crippen molar-refractivity contribution in [2.24, 2.45) is 0 Å². The molecule has 0 saturated carbocycles. The van der Waals surface area contributed by atoms with E-state index < -0.39 is 15.9 Å². The number of phenols is 1. The van der Waals surface area contributed by atoms with E-state index in [-0.39, 0.29) is 34.7 Å². The van der Waals surface area contributed by atoms with Gasteiger partial charge in [0.1, 0.15) is 12.3 Å². The topological polar surface area (TPSA) is 98.2 Å². The van der Waals surface area contributed by atoms with Crippen molar-refractivity contribution in [1.82, 2.24) is 14.1 Å². The highest BCUT2D eigenvalue weighted by Crippen LogP contribution is 2.27. The Morgan fingerprint density at radius 2 is 2.04 bits per heavy atom. The first-order chi connectivity index (χ1) is 11.7. The van der Waals surface area contributed by atoms with Gasteiger partial charge in [-0.1, -0.05) is 0 Å². The Kier molecular flexibility index (Phi) is 4.46. The number of nitrogens with zero attached hydrogens (tertiary/aromatic N) is 3. The minimum atomic E-state index is -3.73. The Morgan fingerprint density at radius 1 is 1.32 bits per heavy atom. The lowest BCUT2D eigenvalue weighted by molar-refractivity contribution is -0.136. The first kappa shape index (κ1) is 17.7. The molecule has 1 aromatic carbocycles. The summed E-state index contributed by atoms with van der Waals surface area (Å²) in [7, 11) is -0.948. The molecule has 2 saturated heterocycles. The van der Waals surface area contributed by atoms with Crippen LogP contribution < -0.4 is 0 Å². The molecule has 2 amide bonds. The van der Waals surface area contributed by atoms with Crippen LogP contribution in [0.1, 0.15) is 23.2 Å². The Labute approximate surface area is 146 Å². The van der Waals surface area contributed by atoms with Crippen LogP contribution >= 0.6 is 0 Å². The van der Waals surface area contributed by atoms with Crippen molar-refractivity contribution >= 4 is 21.8 Å². The zero-order valence-electron chi connectivity index (χ0n) is 14.2. The van der Waals surface area contributed by atoms with E-state index in [4.69, 9.17) is 0 Å². The number of amides is 2. The number of hydrogen-bond acceptors (Lipinski definition) is 5. The normalized spacial score (nSPS) is 20.9. The van der Waals surface area contributed by atoms with Crippen molar-refractivity contribution in [1.29, 1.82) is 0 Å². The van der Waals surface area contributed by atoms with Gasteiger partial charge in [0.25, 0.3) is 5.91 Å². The first-order valence-corrected chi connectivity index (χ1v) is 9.50. The Balaban J connectivity index is 1.91. The third kappa shape index (κ3) is 3.09. The molecule has 1 aromatic rings. The van der Waals surface area contributed by atoms with Crippen LogP contribution in [0.5, 0.6) is 5.75 Å². The molecular weight excluding hydrogens is 346 g/mol. The predicted molar refractivity (Wildman–Crippen MR) is 89.6 cm³/mol. The van der Waals surface area contributed by atoms with Crippen molar-refractivity contribution in [3.05, 3.63) is 23.8 Å². The van der Waals surface area contributed by atoms with Crippen molar-refractivity contribution < 1.29 is 23.1 Å². The van der Waals surface area contributed by atoms with Gasteiger partial charge in [0.05, 0.1) is 10.5 Å². The van der Waals surface area contributed by atoms with Crippen LogP contribution in [0.2, 0.25) is 0 Å². The minimum Gasteiger partial charge on any atom is -0.507 e. The Morgan fingerprint density at radius 3 is 2.72 bits per heavy atom. The molecule has 2 fully saturated rings. The van der Waals surface area contributed by atoms with E-state index in [1.54, 1.807) is 4.90 Å². The number of hydrogen-bond donors (Lipinski definition) is 1. The summed E-state index contributed by atoms with van der Waals surface area (Å²) in [6, 6.07) is 3.61. The molecule has 0 aromatic heterocycles. The quantitative estimate of drug-likeness (QED) is 0.816. The smallest absolute Gasteiger partial charge is 0.258 e. The summed E-state index contributed by atoms with van der Waals surface area (Å²) in [5.74, 6) is -0.948. The Bertz CT molecular complexity index is 821. The van der Waals surface area contributed by atoms with Gasteiger partial charge < -0.3 is 14.9 Å². The molecule has 9 heteroatoms. The number of carbonyl (C=O) groups excluding carboxylic acids is 2. The average Bonchev–Trinajstić information content (AvgIpc) is 3.03. The van der Waals surface area contributed by atoms with Crippen LogP contribution in [0.15, 0.2) is 23.1 Å². The van der Waals surface area contributed by atoms with E-state index in [9.17, 15) is 23.1 Å². The molecule has 1 atom stereocenters. The summed E-state index contributed by atoms with van der Waals surface area (Å²) >= 11 is 0. The number of sulfonamides is 1. The first-order valence-electron chi connectivity index (χ1n) is 8.06. The predicted octanol–water partition coefficient (Wildman–Crippen LogP) is 0.0893. The van der Waals surface area contributed by atoms with E-state index in [2.05, 4.69) is 0 Å². The molecule has 1 N–H and O–H groups in total. The molecule has 3 rings (SSSR count). The van der Waals surface area contributed by atoms with Crippen molar-refractivity contribution in [2.75, 3.05) is 33.7 Å². The zero-order valence-corrected chi connectivity index (χ0v) is 15.0. The lowest BCUT2D eigenvalue weighted by Gasteiger charge is -2.37. The van der Waals surface area contributed by atoms with Gasteiger partial charge in [-0.05, 0) is 31.0 Å². The van der Waals surface area contributed by atoms with Crippen molar-refractivity contribution in [3.63, 3.8) is 0 Å². The zero-order chi connectivity index (χ0) is 18.4. The number of fused-ring (bicyclic) bond motifs is 1. The van der Waals surface area contributed by atoms with E-state index in [1.807, 2.05) is 0 Å². The second kappa shape index (κ2) is 6.30. The van der Waals surface area contributed by atoms with Gasteiger partial charge in [0, 0.05) is 33.2 Å². The maximum atomic E-state index is 12.8. The molecular formula is C16H21N3O5S. The monoisotopic (exact) mass is 367 g/mol. The maximum absolute atomic E-state index is 12.8. The van der Waals surface area contributed by atoms with Crippen molar-refractivity contribution in [3.8, 4) is 5.75 Å². The molecule has 136 valence electrons. The molecule has 0 aliphatic carbocycles. The van der Waals surface area contributed by atoms with Crippen LogP contribution in [0.4, 0.5) is 0 Å². The van der Waals surface area contributed by atoms with Gasteiger partial charge in [0.2, 0.25) is 15.9 Å². The summed E-state index contributed by atoms with van der Waals surface area (Å²) in [6.45, 7) is 1.06. The second-order valence-corrected chi connectivity index (χ2v) is 8.69. The number of phenolic OH excluding ortho intramolecular Hbond substituents is 1. The van der Waals surface area contributed by atoms with Crippen LogP contribution in [-0.2, 0) is 14.8 Å². The van der Waals surface area contributed by atoms with Gasteiger partial charge in [-0.25, -0.2) is 12.7 Å². The van der Waals surface area contributed by atoms with Gasteiger partial charge >= 0.3 is 0 Å². The minimum absolute atomic E-state index is 0.000957.